The van der Waals surface area contributed by atoms with Crippen molar-refractivity contribution in [1.29, 1.82) is 0 Å². The van der Waals surface area contributed by atoms with Crippen LogP contribution < -0.4 is 20.4 Å². The fourth-order valence-electron chi connectivity index (χ4n) is 8.48. The standard InChI is InChI=1S/C38H46ClN9O5S/c39-28-22-40-38(41-23-28)42-29-10-14-47(15-11-29)54(52,53)32-3-1-2-30(21-32)45-12-8-26(9-13-45)24-44-16-18-46(19-17-44)31-4-5-33-27(20-31)25-48(37(33)51)34-6-7-35(49)43-36(34)50/h1-5,20-23,26,29,34H,6-19,24-25H2,(H,40,41,42)(H,43,49,50). The molecule has 4 saturated heterocycles. The van der Waals surface area contributed by atoms with E-state index in [4.69, 9.17) is 11.6 Å². The van der Waals surface area contributed by atoms with Crippen molar-refractivity contribution < 1.29 is 22.8 Å². The minimum absolute atomic E-state index is 0.0912. The van der Waals surface area contributed by atoms with Crippen molar-refractivity contribution in [3.63, 3.8) is 0 Å². The molecule has 0 saturated carbocycles. The van der Waals surface area contributed by atoms with Crippen LogP contribution in [0.1, 0.15) is 54.4 Å². The van der Waals surface area contributed by atoms with Gasteiger partial charge in [0.15, 0.2) is 0 Å². The number of anilines is 3. The second-order valence-electron chi connectivity index (χ2n) is 15.0. The predicted octanol–water partition coefficient (Wildman–Crippen LogP) is 3.19. The van der Waals surface area contributed by atoms with E-state index in [-0.39, 0.29) is 24.3 Å². The summed E-state index contributed by atoms with van der Waals surface area (Å²) in [7, 11) is -3.62. The fraction of sp³-hybridized carbons (Fsp3) is 0.500. The zero-order valence-corrected chi connectivity index (χ0v) is 31.8. The van der Waals surface area contributed by atoms with Crippen molar-refractivity contribution in [2.24, 2.45) is 5.92 Å². The van der Waals surface area contributed by atoms with E-state index in [9.17, 15) is 22.8 Å². The number of piperidine rings is 3. The molecule has 5 aliphatic heterocycles. The van der Waals surface area contributed by atoms with E-state index < -0.39 is 22.0 Å². The van der Waals surface area contributed by atoms with Crippen LogP contribution in [0, 0.1) is 5.92 Å². The third-order valence-electron chi connectivity index (χ3n) is 11.6. The number of imide groups is 1. The average molecular weight is 776 g/mol. The molecule has 0 radical (unpaired) electrons. The van der Waals surface area contributed by atoms with E-state index in [0.29, 0.717) is 66.2 Å². The molecule has 54 heavy (non-hydrogen) atoms. The van der Waals surface area contributed by atoms with Gasteiger partial charge < -0.3 is 20.0 Å². The Morgan fingerprint density at radius 2 is 1.52 bits per heavy atom. The molecule has 14 nitrogen and oxygen atoms in total. The number of nitrogens with zero attached hydrogens (tertiary/aromatic N) is 7. The summed E-state index contributed by atoms with van der Waals surface area (Å²) < 4.78 is 28.9. The fourth-order valence-corrected chi connectivity index (χ4v) is 10.1. The summed E-state index contributed by atoms with van der Waals surface area (Å²) in [5.41, 5.74) is 3.61. The molecular formula is C38H46ClN9O5S. The normalized spacial score (nSPS) is 22.4. The zero-order valence-electron chi connectivity index (χ0n) is 30.2. The largest absolute Gasteiger partial charge is 0.371 e. The number of rotatable bonds is 9. The molecule has 1 unspecified atom stereocenters. The molecule has 2 aromatic carbocycles. The number of amides is 3. The van der Waals surface area contributed by atoms with Crippen LogP contribution in [0.4, 0.5) is 17.3 Å². The summed E-state index contributed by atoms with van der Waals surface area (Å²) in [6.45, 7) is 7.78. The first-order valence-corrected chi connectivity index (χ1v) is 20.8. The van der Waals surface area contributed by atoms with Gasteiger partial charge in [-0.3, -0.25) is 24.6 Å². The van der Waals surface area contributed by atoms with Gasteiger partial charge in [0.05, 0.1) is 22.3 Å². The first-order valence-electron chi connectivity index (χ1n) is 18.9. The molecule has 1 aromatic heterocycles. The van der Waals surface area contributed by atoms with E-state index in [1.165, 1.54) is 0 Å². The summed E-state index contributed by atoms with van der Waals surface area (Å²) in [4.78, 5) is 54.7. The smallest absolute Gasteiger partial charge is 0.255 e. The van der Waals surface area contributed by atoms with Crippen LogP contribution >= 0.6 is 11.6 Å². The minimum atomic E-state index is -3.62. The quantitative estimate of drug-likeness (QED) is 0.309. The highest BCUT2D eigenvalue weighted by atomic mass is 35.5. The van der Waals surface area contributed by atoms with Gasteiger partial charge in [-0.15, -0.1) is 0 Å². The van der Waals surface area contributed by atoms with Crippen LogP contribution in [0.25, 0.3) is 0 Å². The van der Waals surface area contributed by atoms with Crippen LogP contribution in [0.15, 0.2) is 59.8 Å². The predicted molar refractivity (Wildman–Crippen MR) is 205 cm³/mol. The molecule has 5 aliphatic rings. The lowest BCUT2D eigenvalue weighted by Gasteiger charge is -2.40. The molecule has 0 aliphatic carbocycles. The maximum atomic E-state index is 13.7. The molecule has 0 bridgehead atoms. The van der Waals surface area contributed by atoms with Crippen molar-refractivity contribution >= 4 is 56.7 Å². The van der Waals surface area contributed by atoms with Crippen LogP contribution in [0.2, 0.25) is 5.02 Å². The van der Waals surface area contributed by atoms with E-state index in [1.807, 2.05) is 30.3 Å². The van der Waals surface area contributed by atoms with Gasteiger partial charge in [-0.2, -0.15) is 4.31 Å². The number of carbonyl (C=O) groups is 3. The maximum Gasteiger partial charge on any atom is 0.255 e. The SMILES string of the molecule is O=C1CCC(N2Cc3cc(N4CCN(CC5CCN(c6cccc(S(=O)(=O)N7CCC(Nc8ncc(Cl)cn8)CC7)c6)CC5)CC4)ccc3C2=O)C(=O)N1. The number of benzene rings is 2. The lowest BCUT2D eigenvalue weighted by molar-refractivity contribution is -0.136. The molecule has 3 amide bonds. The van der Waals surface area contributed by atoms with Gasteiger partial charge in [0.2, 0.25) is 27.8 Å². The van der Waals surface area contributed by atoms with Crippen LogP contribution in [0.3, 0.4) is 0 Å². The van der Waals surface area contributed by atoms with Crippen molar-refractivity contribution in [3.8, 4) is 0 Å². The average Bonchev–Trinajstić information content (AvgIpc) is 3.51. The number of hydrogen-bond acceptors (Lipinski definition) is 11. The molecule has 286 valence electrons. The second kappa shape index (κ2) is 15.4. The Morgan fingerprint density at radius 1 is 0.815 bits per heavy atom. The molecule has 3 aromatic rings. The molecular weight excluding hydrogens is 730 g/mol. The number of hydrogen-bond donors (Lipinski definition) is 2. The molecule has 6 heterocycles. The molecule has 4 fully saturated rings. The lowest BCUT2D eigenvalue weighted by atomic mass is 9.95. The topological polar surface area (TPSA) is 151 Å². The Balaban J connectivity index is 0.792. The van der Waals surface area contributed by atoms with Gasteiger partial charge in [-0.05, 0) is 80.0 Å². The van der Waals surface area contributed by atoms with Crippen molar-refractivity contribution in [2.45, 2.75) is 62.0 Å². The Morgan fingerprint density at radius 3 is 2.24 bits per heavy atom. The summed E-state index contributed by atoms with van der Waals surface area (Å²) in [6.07, 6.45) is 7.12. The number of aromatic nitrogens is 2. The van der Waals surface area contributed by atoms with E-state index in [0.717, 1.165) is 75.6 Å². The van der Waals surface area contributed by atoms with Crippen molar-refractivity contribution in [3.05, 3.63) is 71.0 Å². The van der Waals surface area contributed by atoms with E-state index in [1.54, 1.807) is 27.7 Å². The number of piperazine rings is 1. The highest BCUT2D eigenvalue weighted by molar-refractivity contribution is 7.89. The van der Waals surface area contributed by atoms with E-state index in [2.05, 4.69) is 41.4 Å². The van der Waals surface area contributed by atoms with Crippen LogP contribution in [-0.4, -0.2) is 121 Å². The van der Waals surface area contributed by atoms with Gasteiger partial charge in [-0.25, -0.2) is 18.4 Å². The first-order chi connectivity index (χ1) is 26.1. The Bertz CT molecular complexity index is 1990. The summed E-state index contributed by atoms with van der Waals surface area (Å²) in [5.74, 6) is 0.255. The third-order valence-corrected chi connectivity index (χ3v) is 13.7. The molecule has 1 atom stereocenters. The summed E-state index contributed by atoms with van der Waals surface area (Å²) in [5, 5.41) is 6.13. The molecule has 8 rings (SSSR count). The van der Waals surface area contributed by atoms with Crippen LogP contribution in [0.5, 0.6) is 0 Å². The minimum Gasteiger partial charge on any atom is -0.371 e. The Labute approximate surface area is 320 Å². The first kappa shape index (κ1) is 36.7. The van der Waals surface area contributed by atoms with Gasteiger partial charge in [0.1, 0.15) is 6.04 Å². The summed E-state index contributed by atoms with van der Waals surface area (Å²) in [6, 6.07) is 12.9. The molecule has 16 heteroatoms. The van der Waals surface area contributed by atoms with Gasteiger partial charge in [-0.1, -0.05) is 17.7 Å². The monoisotopic (exact) mass is 775 g/mol. The highest BCUT2D eigenvalue weighted by Gasteiger charge is 2.39. The summed E-state index contributed by atoms with van der Waals surface area (Å²) >= 11 is 5.89. The number of fused-ring (bicyclic) bond motifs is 1. The number of carbonyl (C=O) groups excluding carboxylic acids is 3. The van der Waals surface area contributed by atoms with Gasteiger partial charge in [0.25, 0.3) is 5.91 Å². The molecule has 2 N–H and O–H groups in total. The van der Waals surface area contributed by atoms with Gasteiger partial charge >= 0.3 is 0 Å². The van der Waals surface area contributed by atoms with E-state index >= 15 is 0 Å². The Kier molecular flexibility index (Phi) is 10.5. The van der Waals surface area contributed by atoms with Crippen molar-refractivity contribution in [2.75, 3.05) is 74.0 Å². The maximum absolute atomic E-state index is 13.7. The van der Waals surface area contributed by atoms with Crippen LogP contribution in [-0.2, 0) is 26.2 Å². The number of sulfonamides is 1. The highest BCUT2D eigenvalue weighted by Crippen LogP contribution is 2.32. The Hall–Kier alpha value is -4.31. The lowest BCUT2D eigenvalue weighted by Crippen LogP contribution is -2.52. The molecule has 0 spiro atoms. The zero-order chi connectivity index (χ0) is 37.4. The van der Waals surface area contributed by atoms with Crippen molar-refractivity contribution in [1.82, 2.24) is 29.4 Å². The number of nitrogens with one attached hydrogen (secondary N) is 2. The third kappa shape index (κ3) is 7.77. The second-order valence-corrected chi connectivity index (χ2v) is 17.4. The number of halogens is 1. The van der Waals surface area contributed by atoms with Gasteiger partial charge in [0, 0.05) is 94.8 Å².